The first-order chi connectivity index (χ1) is 11.0. The number of morpholine rings is 1. The molecule has 122 valence electrons. The van der Waals surface area contributed by atoms with Crippen LogP contribution in [0.3, 0.4) is 0 Å². The number of benzene rings is 1. The van der Waals surface area contributed by atoms with E-state index in [0.29, 0.717) is 24.2 Å². The zero-order valence-corrected chi connectivity index (χ0v) is 13.7. The van der Waals surface area contributed by atoms with Crippen LogP contribution in [0.15, 0.2) is 29.1 Å². The fourth-order valence-corrected chi connectivity index (χ4v) is 3.00. The molecule has 1 aromatic carbocycles. The van der Waals surface area contributed by atoms with Crippen molar-refractivity contribution in [3.05, 3.63) is 40.3 Å². The van der Waals surface area contributed by atoms with Gasteiger partial charge in [0.15, 0.2) is 0 Å². The molecular weight excluding hydrogens is 294 g/mol. The van der Waals surface area contributed by atoms with E-state index >= 15 is 0 Å². The highest BCUT2D eigenvalue weighted by atomic mass is 16.5. The van der Waals surface area contributed by atoms with Gasteiger partial charge in [-0.2, -0.15) is 5.10 Å². The zero-order valence-electron chi connectivity index (χ0n) is 13.7. The number of hydrogen-bond acceptors (Lipinski definition) is 4. The Hall–Kier alpha value is -2.21. The molecule has 23 heavy (non-hydrogen) atoms. The van der Waals surface area contributed by atoms with E-state index in [1.807, 2.05) is 36.9 Å². The third-order valence-corrected chi connectivity index (χ3v) is 4.28. The summed E-state index contributed by atoms with van der Waals surface area (Å²) in [6, 6.07) is 7.35. The SMILES string of the molecule is C[C@H]1CN(C(=O)Cc2nn(C)c(=O)c3ccccc23)[C@@H](C)CO1. The van der Waals surface area contributed by atoms with Gasteiger partial charge < -0.3 is 9.64 Å². The van der Waals surface area contributed by atoms with Gasteiger partial charge in [-0.1, -0.05) is 18.2 Å². The van der Waals surface area contributed by atoms with Crippen molar-refractivity contribution in [2.75, 3.05) is 13.2 Å². The maximum absolute atomic E-state index is 12.7. The molecule has 0 saturated carbocycles. The van der Waals surface area contributed by atoms with Crippen LogP contribution in [-0.2, 0) is 23.0 Å². The van der Waals surface area contributed by atoms with Crippen LogP contribution in [0.1, 0.15) is 19.5 Å². The van der Waals surface area contributed by atoms with Crippen molar-refractivity contribution in [2.24, 2.45) is 7.05 Å². The molecule has 1 aliphatic rings. The van der Waals surface area contributed by atoms with Crippen molar-refractivity contribution in [2.45, 2.75) is 32.4 Å². The number of carbonyl (C=O) groups excluding carboxylic acids is 1. The van der Waals surface area contributed by atoms with Gasteiger partial charge in [-0.3, -0.25) is 9.59 Å². The molecule has 1 aliphatic heterocycles. The molecule has 6 heteroatoms. The number of fused-ring (bicyclic) bond motifs is 1. The van der Waals surface area contributed by atoms with Gasteiger partial charge in [0, 0.05) is 19.0 Å². The van der Waals surface area contributed by atoms with E-state index in [1.54, 1.807) is 13.1 Å². The Morgan fingerprint density at radius 3 is 2.74 bits per heavy atom. The van der Waals surface area contributed by atoms with Gasteiger partial charge in [0.1, 0.15) is 0 Å². The Bertz CT molecular complexity index is 799. The summed E-state index contributed by atoms with van der Waals surface area (Å²) >= 11 is 0. The lowest BCUT2D eigenvalue weighted by atomic mass is 10.1. The van der Waals surface area contributed by atoms with Crippen LogP contribution in [0.25, 0.3) is 10.8 Å². The molecular formula is C17H21N3O3. The van der Waals surface area contributed by atoms with E-state index < -0.39 is 0 Å². The minimum absolute atomic E-state index is 0.0175. The van der Waals surface area contributed by atoms with Crippen LogP contribution < -0.4 is 5.56 Å². The maximum atomic E-state index is 12.7. The largest absolute Gasteiger partial charge is 0.375 e. The highest BCUT2D eigenvalue weighted by Crippen LogP contribution is 2.17. The van der Waals surface area contributed by atoms with E-state index in [9.17, 15) is 9.59 Å². The van der Waals surface area contributed by atoms with E-state index in [2.05, 4.69) is 5.10 Å². The normalized spacial score (nSPS) is 21.6. The molecule has 0 spiro atoms. The first kappa shape index (κ1) is 15.7. The lowest BCUT2D eigenvalue weighted by molar-refractivity contribution is -0.142. The number of aryl methyl sites for hydroxylation is 1. The van der Waals surface area contributed by atoms with Crippen LogP contribution in [0.4, 0.5) is 0 Å². The van der Waals surface area contributed by atoms with Crippen LogP contribution in [0, 0.1) is 0 Å². The predicted octanol–water partition coefficient (Wildman–Crippen LogP) is 1.11. The van der Waals surface area contributed by atoms with Crippen molar-refractivity contribution in [1.82, 2.24) is 14.7 Å². The number of ether oxygens (including phenoxy) is 1. The summed E-state index contributed by atoms with van der Waals surface area (Å²) in [4.78, 5) is 26.7. The van der Waals surface area contributed by atoms with Crippen molar-refractivity contribution >= 4 is 16.7 Å². The molecule has 2 aromatic rings. The number of carbonyl (C=O) groups is 1. The van der Waals surface area contributed by atoms with E-state index in [0.717, 1.165) is 5.39 Å². The fraction of sp³-hybridized carbons (Fsp3) is 0.471. The summed E-state index contributed by atoms with van der Waals surface area (Å²) < 4.78 is 6.87. The van der Waals surface area contributed by atoms with Gasteiger partial charge in [-0.15, -0.1) is 0 Å². The summed E-state index contributed by atoms with van der Waals surface area (Å²) in [7, 11) is 1.61. The van der Waals surface area contributed by atoms with Crippen molar-refractivity contribution in [3.63, 3.8) is 0 Å². The monoisotopic (exact) mass is 315 g/mol. The highest BCUT2D eigenvalue weighted by Gasteiger charge is 2.28. The summed E-state index contributed by atoms with van der Waals surface area (Å²) in [6.45, 7) is 5.08. The minimum atomic E-state index is -0.148. The second-order valence-corrected chi connectivity index (χ2v) is 6.14. The molecule has 2 atom stereocenters. The number of hydrogen-bond donors (Lipinski definition) is 0. The molecule has 3 rings (SSSR count). The lowest BCUT2D eigenvalue weighted by Crippen LogP contribution is -2.50. The second kappa shape index (κ2) is 6.12. The summed E-state index contributed by atoms with van der Waals surface area (Å²) in [5.41, 5.74) is 0.490. The molecule has 1 fully saturated rings. The van der Waals surface area contributed by atoms with Gasteiger partial charge in [0.25, 0.3) is 5.56 Å². The number of aromatic nitrogens is 2. The summed E-state index contributed by atoms with van der Waals surface area (Å²) in [6.07, 6.45) is 0.228. The Balaban J connectivity index is 1.94. The number of nitrogens with zero attached hydrogens (tertiary/aromatic N) is 3. The fourth-order valence-electron chi connectivity index (χ4n) is 3.00. The molecule has 0 N–H and O–H groups in total. The summed E-state index contributed by atoms with van der Waals surface area (Å²) in [5.74, 6) is 0.0175. The number of rotatable bonds is 2. The third-order valence-electron chi connectivity index (χ3n) is 4.28. The summed E-state index contributed by atoms with van der Waals surface area (Å²) in [5, 5.41) is 5.65. The van der Waals surface area contributed by atoms with Gasteiger partial charge in [-0.25, -0.2) is 4.68 Å². The maximum Gasteiger partial charge on any atom is 0.274 e. The molecule has 0 radical (unpaired) electrons. The molecule has 6 nitrogen and oxygen atoms in total. The molecule has 2 heterocycles. The first-order valence-electron chi connectivity index (χ1n) is 7.83. The van der Waals surface area contributed by atoms with E-state index in [1.165, 1.54) is 4.68 Å². The smallest absolute Gasteiger partial charge is 0.274 e. The zero-order chi connectivity index (χ0) is 16.6. The Labute approximate surface area is 134 Å². The Kier molecular flexibility index (Phi) is 4.17. The van der Waals surface area contributed by atoms with Crippen LogP contribution in [0.5, 0.6) is 0 Å². The highest BCUT2D eigenvalue weighted by molar-refractivity contribution is 5.88. The predicted molar refractivity (Wildman–Crippen MR) is 87.3 cm³/mol. The first-order valence-corrected chi connectivity index (χ1v) is 7.83. The molecule has 1 saturated heterocycles. The molecule has 1 amide bonds. The van der Waals surface area contributed by atoms with Gasteiger partial charge in [0.05, 0.1) is 36.3 Å². The van der Waals surface area contributed by atoms with Gasteiger partial charge in [-0.05, 0) is 19.9 Å². The van der Waals surface area contributed by atoms with Crippen molar-refractivity contribution in [1.29, 1.82) is 0 Å². The Morgan fingerprint density at radius 2 is 2.00 bits per heavy atom. The topological polar surface area (TPSA) is 64.4 Å². The van der Waals surface area contributed by atoms with Gasteiger partial charge >= 0.3 is 0 Å². The average molecular weight is 315 g/mol. The quantitative estimate of drug-likeness (QED) is 0.833. The van der Waals surface area contributed by atoms with Crippen LogP contribution in [-0.4, -0.2) is 45.9 Å². The van der Waals surface area contributed by atoms with Crippen LogP contribution >= 0.6 is 0 Å². The number of amides is 1. The van der Waals surface area contributed by atoms with Crippen molar-refractivity contribution < 1.29 is 9.53 Å². The van der Waals surface area contributed by atoms with Crippen molar-refractivity contribution in [3.8, 4) is 0 Å². The molecule has 0 bridgehead atoms. The van der Waals surface area contributed by atoms with Gasteiger partial charge in [0.2, 0.25) is 5.91 Å². The van der Waals surface area contributed by atoms with E-state index in [4.69, 9.17) is 4.74 Å². The molecule has 1 aromatic heterocycles. The minimum Gasteiger partial charge on any atom is -0.375 e. The third kappa shape index (κ3) is 2.99. The molecule has 0 aliphatic carbocycles. The standard InChI is InChI=1S/C17H21N3O3/c1-11-10-23-12(2)9-20(11)16(21)8-15-13-6-4-5-7-14(13)17(22)19(3)18-15/h4-7,11-12H,8-10H2,1-3H3/t11-,12-/m0/s1. The Morgan fingerprint density at radius 1 is 1.30 bits per heavy atom. The van der Waals surface area contributed by atoms with E-state index in [-0.39, 0.29) is 30.0 Å². The second-order valence-electron chi connectivity index (χ2n) is 6.14. The average Bonchev–Trinajstić information content (AvgIpc) is 2.54. The van der Waals surface area contributed by atoms with Crippen LogP contribution in [0.2, 0.25) is 0 Å². The molecule has 0 unspecified atom stereocenters. The lowest BCUT2D eigenvalue weighted by Gasteiger charge is -2.36.